The van der Waals surface area contributed by atoms with Crippen LogP contribution in [0.15, 0.2) is 0 Å². The summed E-state index contributed by atoms with van der Waals surface area (Å²) in [6.07, 6.45) is 5.66. The molecular weight excluding hydrogens is 224 g/mol. The molecule has 106 valence electrons. The Bertz CT molecular complexity index is 251. The topological polar surface area (TPSA) is 26.7 Å². The highest BCUT2D eigenvalue weighted by Gasteiger charge is 2.31. The normalized spacial score (nSPS) is 27.8. The molecule has 3 heteroatoms. The Balaban J connectivity index is 1.76. The van der Waals surface area contributed by atoms with Crippen LogP contribution in [0.3, 0.4) is 0 Å². The van der Waals surface area contributed by atoms with Gasteiger partial charge in [0.2, 0.25) is 0 Å². The van der Waals surface area contributed by atoms with Gasteiger partial charge in [0, 0.05) is 38.8 Å². The number of hydrogen-bond acceptors (Lipinski definition) is 3. The van der Waals surface area contributed by atoms with E-state index >= 15 is 0 Å². The third-order valence-corrected chi connectivity index (χ3v) is 5.04. The van der Waals surface area contributed by atoms with E-state index in [1.54, 1.807) is 0 Å². The Labute approximate surface area is 112 Å². The fourth-order valence-electron chi connectivity index (χ4n) is 3.19. The van der Waals surface area contributed by atoms with Crippen LogP contribution < -0.4 is 0 Å². The van der Waals surface area contributed by atoms with Crippen molar-refractivity contribution in [1.29, 1.82) is 0 Å². The molecule has 1 aliphatic carbocycles. The summed E-state index contributed by atoms with van der Waals surface area (Å²) in [7, 11) is 0. The van der Waals surface area contributed by atoms with Crippen LogP contribution in [0.4, 0.5) is 0 Å². The molecule has 0 aromatic rings. The van der Waals surface area contributed by atoms with E-state index in [1.165, 1.54) is 38.8 Å². The third kappa shape index (κ3) is 3.46. The molecule has 0 spiro atoms. The first-order valence-electron chi connectivity index (χ1n) is 7.68. The van der Waals surface area contributed by atoms with E-state index in [4.69, 9.17) is 0 Å². The summed E-state index contributed by atoms with van der Waals surface area (Å²) in [6.45, 7) is 11.6. The molecule has 0 amide bonds. The largest absolute Gasteiger partial charge is 0.389 e. The van der Waals surface area contributed by atoms with Crippen molar-refractivity contribution in [2.24, 2.45) is 5.92 Å². The maximum Gasteiger partial charge on any atom is 0.0768 e. The van der Waals surface area contributed by atoms with E-state index in [0.29, 0.717) is 5.92 Å². The van der Waals surface area contributed by atoms with Crippen molar-refractivity contribution in [1.82, 2.24) is 9.80 Å². The number of rotatable bonds is 4. The second-order valence-corrected chi connectivity index (χ2v) is 6.76. The van der Waals surface area contributed by atoms with Gasteiger partial charge in [-0.15, -0.1) is 0 Å². The smallest absolute Gasteiger partial charge is 0.0768 e. The van der Waals surface area contributed by atoms with Gasteiger partial charge in [-0.25, -0.2) is 0 Å². The van der Waals surface area contributed by atoms with Gasteiger partial charge >= 0.3 is 0 Å². The molecule has 18 heavy (non-hydrogen) atoms. The molecule has 3 nitrogen and oxygen atoms in total. The fourth-order valence-corrected chi connectivity index (χ4v) is 3.19. The molecule has 1 atom stereocenters. The van der Waals surface area contributed by atoms with E-state index < -0.39 is 5.60 Å². The second-order valence-electron chi connectivity index (χ2n) is 6.76. The van der Waals surface area contributed by atoms with Crippen LogP contribution in [0.25, 0.3) is 0 Å². The Kier molecular flexibility index (Phi) is 4.68. The quantitative estimate of drug-likeness (QED) is 0.831. The highest BCUT2D eigenvalue weighted by atomic mass is 16.3. The van der Waals surface area contributed by atoms with Crippen molar-refractivity contribution in [2.45, 2.75) is 58.1 Å². The maximum atomic E-state index is 10.4. The summed E-state index contributed by atoms with van der Waals surface area (Å²) in [6, 6.07) is 0.859. The zero-order valence-corrected chi connectivity index (χ0v) is 12.4. The summed E-state index contributed by atoms with van der Waals surface area (Å²) in [5.74, 6) is 0.324. The lowest BCUT2D eigenvalue weighted by atomic mass is 9.92. The number of β-amino-alcohol motifs (C(OH)–C–C–N with tert-alkyl or cyclic N) is 1. The molecule has 2 aliphatic rings. The Morgan fingerprint density at radius 1 is 1.11 bits per heavy atom. The van der Waals surface area contributed by atoms with Crippen molar-refractivity contribution >= 4 is 0 Å². The first kappa shape index (κ1) is 14.3. The minimum Gasteiger partial charge on any atom is -0.389 e. The van der Waals surface area contributed by atoms with E-state index in [0.717, 1.165) is 25.7 Å². The lowest BCUT2D eigenvalue weighted by molar-refractivity contribution is -0.0319. The standard InChI is InChI=1S/C15H30N2O/c1-13(2)15(3,18)12-16-8-10-17(11-9-16)14-6-4-5-7-14/h13-14,18H,4-12H2,1-3H3. The summed E-state index contributed by atoms with van der Waals surface area (Å²) in [5.41, 5.74) is -0.546. The highest BCUT2D eigenvalue weighted by Crippen LogP contribution is 2.25. The Hall–Kier alpha value is -0.120. The number of hydrogen-bond donors (Lipinski definition) is 1. The predicted octanol–water partition coefficient (Wildman–Crippen LogP) is 1.95. The zero-order chi connectivity index (χ0) is 13.2. The zero-order valence-electron chi connectivity index (χ0n) is 12.4. The number of aliphatic hydroxyl groups is 1. The number of nitrogens with zero attached hydrogens (tertiary/aromatic N) is 2. The Morgan fingerprint density at radius 2 is 1.67 bits per heavy atom. The minimum atomic E-state index is -0.546. The monoisotopic (exact) mass is 254 g/mol. The van der Waals surface area contributed by atoms with Crippen LogP contribution >= 0.6 is 0 Å². The van der Waals surface area contributed by atoms with Gasteiger partial charge in [-0.2, -0.15) is 0 Å². The van der Waals surface area contributed by atoms with Gasteiger partial charge in [0.05, 0.1) is 5.60 Å². The van der Waals surface area contributed by atoms with Gasteiger partial charge in [-0.1, -0.05) is 26.7 Å². The second kappa shape index (κ2) is 5.89. The molecule has 0 radical (unpaired) electrons. The first-order chi connectivity index (χ1) is 8.49. The molecule has 1 heterocycles. The molecule has 1 N–H and O–H groups in total. The van der Waals surface area contributed by atoms with Crippen LogP contribution in [0.1, 0.15) is 46.5 Å². The van der Waals surface area contributed by atoms with Crippen LogP contribution in [0.2, 0.25) is 0 Å². The van der Waals surface area contributed by atoms with Gasteiger partial charge < -0.3 is 5.11 Å². The van der Waals surface area contributed by atoms with Crippen molar-refractivity contribution in [2.75, 3.05) is 32.7 Å². The summed E-state index contributed by atoms with van der Waals surface area (Å²) in [4.78, 5) is 5.11. The summed E-state index contributed by atoms with van der Waals surface area (Å²) < 4.78 is 0. The van der Waals surface area contributed by atoms with E-state index in [2.05, 4.69) is 23.6 Å². The molecular formula is C15H30N2O. The maximum absolute atomic E-state index is 10.4. The molecule has 1 saturated heterocycles. The average Bonchev–Trinajstić information content (AvgIpc) is 2.83. The van der Waals surface area contributed by atoms with Crippen LogP contribution in [-0.4, -0.2) is 59.3 Å². The van der Waals surface area contributed by atoms with Gasteiger partial charge in [0.1, 0.15) is 0 Å². The summed E-state index contributed by atoms with van der Waals surface area (Å²) in [5, 5.41) is 10.4. The first-order valence-corrected chi connectivity index (χ1v) is 7.68. The van der Waals surface area contributed by atoms with Gasteiger partial charge in [0.15, 0.2) is 0 Å². The SMILES string of the molecule is CC(C)C(C)(O)CN1CCN(C2CCCC2)CC1. The van der Waals surface area contributed by atoms with Gasteiger partial charge in [-0.05, 0) is 25.7 Å². The van der Waals surface area contributed by atoms with E-state index in [1.807, 2.05) is 6.92 Å². The van der Waals surface area contributed by atoms with Crippen molar-refractivity contribution in [3.8, 4) is 0 Å². The lowest BCUT2D eigenvalue weighted by Gasteiger charge is -2.41. The minimum absolute atomic E-state index is 0.324. The molecule has 0 bridgehead atoms. The predicted molar refractivity (Wildman–Crippen MR) is 75.7 cm³/mol. The average molecular weight is 254 g/mol. The van der Waals surface area contributed by atoms with Gasteiger partial charge in [0.25, 0.3) is 0 Å². The molecule has 2 rings (SSSR count). The molecule has 0 aromatic heterocycles. The van der Waals surface area contributed by atoms with Crippen molar-refractivity contribution in [3.63, 3.8) is 0 Å². The van der Waals surface area contributed by atoms with E-state index in [9.17, 15) is 5.11 Å². The highest BCUT2D eigenvalue weighted by molar-refractivity contribution is 4.86. The van der Waals surface area contributed by atoms with Crippen molar-refractivity contribution < 1.29 is 5.11 Å². The fraction of sp³-hybridized carbons (Fsp3) is 1.00. The van der Waals surface area contributed by atoms with Gasteiger partial charge in [-0.3, -0.25) is 9.80 Å². The van der Waals surface area contributed by atoms with Crippen molar-refractivity contribution in [3.05, 3.63) is 0 Å². The van der Waals surface area contributed by atoms with Crippen LogP contribution in [0.5, 0.6) is 0 Å². The third-order valence-electron chi connectivity index (χ3n) is 5.04. The van der Waals surface area contributed by atoms with Crippen LogP contribution in [0, 0.1) is 5.92 Å². The molecule has 2 fully saturated rings. The lowest BCUT2D eigenvalue weighted by Crippen LogP contribution is -2.54. The van der Waals surface area contributed by atoms with E-state index in [-0.39, 0.29) is 0 Å². The Morgan fingerprint density at radius 3 is 2.17 bits per heavy atom. The molecule has 1 unspecified atom stereocenters. The summed E-state index contributed by atoms with van der Waals surface area (Å²) >= 11 is 0. The number of piperazine rings is 1. The molecule has 0 aromatic carbocycles. The van der Waals surface area contributed by atoms with Crippen LogP contribution in [-0.2, 0) is 0 Å². The molecule has 1 saturated carbocycles. The molecule has 1 aliphatic heterocycles.